The summed E-state index contributed by atoms with van der Waals surface area (Å²) in [6.45, 7) is 3.64. The maximum atomic E-state index is 8.55. The van der Waals surface area contributed by atoms with E-state index in [-0.39, 0.29) is 0 Å². The van der Waals surface area contributed by atoms with Gasteiger partial charge < -0.3 is 15.0 Å². The summed E-state index contributed by atoms with van der Waals surface area (Å²) in [7, 11) is 0. The van der Waals surface area contributed by atoms with Gasteiger partial charge in [-0.15, -0.1) is 0 Å². The van der Waals surface area contributed by atoms with Crippen LogP contribution in [0.1, 0.15) is 0 Å². The lowest BCUT2D eigenvalue weighted by Gasteiger charge is -2.34. The van der Waals surface area contributed by atoms with Gasteiger partial charge in [0.15, 0.2) is 0 Å². The van der Waals surface area contributed by atoms with E-state index < -0.39 is 0 Å². The fourth-order valence-electron chi connectivity index (χ4n) is 2.66. The molecule has 2 aromatic rings. The minimum absolute atomic E-state index is 0.879. The summed E-state index contributed by atoms with van der Waals surface area (Å²) in [5.41, 5.74) is 3.73. The Labute approximate surface area is 124 Å². The molecule has 0 saturated carbocycles. The van der Waals surface area contributed by atoms with Gasteiger partial charge in [-0.2, -0.15) is 0 Å². The van der Waals surface area contributed by atoms with E-state index in [2.05, 4.69) is 58.6 Å². The van der Waals surface area contributed by atoms with Gasteiger partial charge in [-0.25, -0.2) is 0 Å². The van der Waals surface area contributed by atoms with Crippen LogP contribution >= 0.6 is 0 Å². The predicted molar refractivity (Wildman–Crippen MR) is 85.9 cm³/mol. The third kappa shape index (κ3) is 3.16. The van der Waals surface area contributed by atoms with Crippen LogP contribution in [-0.4, -0.2) is 42.6 Å². The van der Waals surface area contributed by atoms with Crippen LogP contribution in [0.2, 0.25) is 0 Å². The first-order valence-corrected chi connectivity index (χ1v) is 7.19. The molecule has 1 heterocycles. The second-order valence-corrected chi connectivity index (χ2v) is 5.17. The number of anilines is 1. The first kappa shape index (κ1) is 13.5. The fraction of sp³-hybridized carbons (Fsp3) is 0.235. The van der Waals surface area contributed by atoms with Gasteiger partial charge in [0, 0.05) is 31.9 Å². The van der Waals surface area contributed by atoms with E-state index in [0.717, 1.165) is 26.2 Å². The number of hydrogen-bond acceptors (Lipinski definition) is 3. The molecule has 4 nitrogen and oxygen atoms in total. The largest absolute Gasteiger partial charge is 0.410 e. The van der Waals surface area contributed by atoms with Crippen LogP contribution in [0.3, 0.4) is 0 Å². The van der Waals surface area contributed by atoms with Crippen molar-refractivity contribution < 1.29 is 5.21 Å². The average Bonchev–Trinajstić information content (AvgIpc) is 2.57. The Morgan fingerprint density at radius 3 is 2.05 bits per heavy atom. The molecule has 0 radical (unpaired) electrons. The molecule has 0 aromatic heterocycles. The van der Waals surface area contributed by atoms with E-state index in [0.29, 0.717) is 0 Å². The van der Waals surface area contributed by atoms with Crippen molar-refractivity contribution in [2.24, 2.45) is 5.16 Å². The van der Waals surface area contributed by atoms with Crippen molar-refractivity contribution >= 4 is 12.0 Å². The highest BCUT2D eigenvalue weighted by Gasteiger charge is 2.15. The lowest BCUT2D eigenvalue weighted by Crippen LogP contribution is -2.45. The molecule has 2 aromatic carbocycles. The monoisotopic (exact) mass is 281 g/mol. The zero-order valence-corrected chi connectivity index (χ0v) is 11.9. The van der Waals surface area contributed by atoms with Gasteiger partial charge in [-0.3, -0.25) is 0 Å². The van der Waals surface area contributed by atoms with Crippen LogP contribution in [0.4, 0.5) is 5.69 Å². The molecule has 1 saturated heterocycles. The van der Waals surface area contributed by atoms with Crippen molar-refractivity contribution in [3.8, 4) is 11.1 Å². The molecular formula is C17H19N3O. The van der Waals surface area contributed by atoms with E-state index in [9.17, 15) is 0 Å². The molecule has 0 amide bonds. The van der Waals surface area contributed by atoms with E-state index >= 15 is 0 Å². The summed E-state index contributed by atoms with van der Waals surface area (Å²) in [6.07, 6.45) is 1.50. The van der Waals surface area contributed by atoms with Crippen molar-refractivity contribution in [1.29, 1.82) is 0 Å². The first-order valence-electron chi connectivity index (χ1n) is 7.19. The van der Waals surface area contributed by atoms with Crippen LogP contribution in [0.15, 0.2) is 59.8 Å². The first-order chi connectivity index (χ1) is 10.4. The van der Waals surface area contributed by atoms with Crippen LogP contribution in [0, 0.1) is 0 Å². The molecule has 21 heavy (non-hydrogen) atoms. The van der Waals surface area contributed by atoms with Gasteiger partial charge in [-0.1, -0.05) is 47.6 Å². The molecule has 108 valence electrons. The molecule has 1 N–H and O–H groups in total. The standard InChI is InChI=1S/C17H19N3O/c21-18-14-19-10-12-20(13-11-19)17-8-6-16(7-9-17)15-4-2-1-3-5-15/h1-9,14,21H,10-13H2/b18-14-. The number of oxime groups is 1. The van der Waals surface area contributed by atoms with E-state index in [1.165, 1.54) is 23.2 Å². The van der Waals surface area contributed by atoms with Crippen molar-refractivity contribution in [2.45, 2.75) is 0 Å². The molecule has 1 aliphatic rings. The molecule has 1 aliphatic heterocycles. The zero-order chi connectivity index (χ0) is 14.5. The van der Waals surface area contributed by atoms with Gasteiger partial charge in [-0.05, 0) is 23.3 Å². The topological polar surface area (TPSA) is 39.1 Å². The van der Waals surface area contributed by atoms with E-state index in [4.69, 9.17) is 5.21 Å². The Morgan fingerprint density at radius 1 is 0.810 bits per heavy atom. The minimum Gasteiger partial charge on any atom is -0.410 e. The third-order valence-electron chi connectivity index (χ3n) is 3.87. The van der Waals surface area contributed by atoms with Crippen LogP contribution < -0.4 is 4.90 Å². The van der Waals surface area contributed by atoms with Crippen molar-refractivity contribution in [3.05, 3.63) is 54.6 Å². The third-order valence-corrected chi connectivity index (χ3v) is 3.87. The highest BCUT2D eigenvalue weighted by Crippen LogP contribution is 2.23. The lowest BCUT2D eigenvalue weighted by atomic mass is 10.1. The smallest absolute Gasteiger partial charge is 0.130 e. The van der Waals surface area contributed by atoms with Gasteiger partial charge >= 0.3 is 0 Å². The molecule has 0 aliphatic carbocycles. The second kappa shape index (κ2) is 6.31. The number of nitrogens with zero attached hydrogens (tertiary/aromatic N) is 3. The van der Waals surface area contributed by atoms with Gasteiger partial charge in [0.1, 0.15) is 6.34 Å². The van der Waals surface area contributed by atoms with Crippen LogP contribution in [0.25, 0.3) is 11.1 Å². The summed E-state index contributed by atoms with van der Waals surface area (Å²) in [5.74, 6) is 0. The molecule has 0 bridgehead atoms. The summed E-state index contributed by atoms with van der Waals surface area (Å²) >= 11 is 0. The minimum atomic E-state index is 0.879. The molecule has 1 fully saturated rings. The Bertz CT molecular complexity index is 587. The Hall–Kier alpha value is -2.49. The fourth-order valence-corrected chi connectivity index (χ4v) is 2.66. The van der Waals surface area contributed by atoms with Gasteiger partial charge in [0.25, 0.3) is 0 Å². The number of piperazine rings is 1. The Kier molecular flexibility index (Phi) is 4.05. The van der Waals surface area contributed by atoms with Crippen molar-refractivity contribution in [1.82, 2.24) is 4.90 Å². The Balaban J connectivity index is 1.68. The number of rotatable bonds is 3. The number of hydrogen-bond donors (Lipinski definition) is 1. The summed E-state index contributed by atoms with van der Waals surface area (Å²) < 4.78 is 0. The van der Waals surface area contributed by atoms with Gasteiger partial charge in [0.2, 0.25) is 0 Å². The summed E-state index contributed by atoms with van der Waals surface area (Å²) in [5, 5.41) is 11.6. The molecule has 0 unspecified atom stereocenters. The van der Waals surface area contributed by atoms with E-state index in [1.54, 1.807) is 0 Å². The maximum Gasteiger partial charge on any atom is 0.130 e. The van der Waals surface area contributed by atoms with Crippen molar-refractivity contribution in [3.63, 3.8) is 0 Å². The molecule has 0 atom stereocenters. The Morgan fingerprint density at radius 2 is 1.43 bits per heavy atom. The van der Waals surface area contributed by atoms with Crippen LogP contribution in [-0.2, 0) is 0 Å². The molecule has 4 heteroatoms. The van der Waals surface area contributed by atoms with E-state index in [1.807, 2.05) is 11.0 Å². The molecule has 3 rings (SSSR count). The normalized spacial score (nSPS) is 15.6. The molecule has 0 spiro atoms. The summed E-state index contributed by atoms with van der Waals surface area (Å²) in [6, 6.07) is 19.1. The predicted octanol–water partition coefficient (Wildman–Crippen LogP) is 2.89. The highest BCUT2D eigenvalue weighted by molar-refractivity contribution is 5.66. The van der Waals surface area contributed by atoms with Gasteiger partial charge in [0.05, 0.1) is 0 Å². The lowest BCUT2D eigenvalue weighted by molar-refractivity contribution is 0.302. The quantitative estimate of drug-likeness (QED) is 0.407. The molecular weight excluding hydrogens is 262 g/mol. The maximum absolute atomic E-state index is 8.55. The number of benzene rings is 2. The SMILES string of the molecule is O/N=C\N1CCN(c2ccc(-c3ccccc3)cc2)CC1. The second-order valence-electron chi connectivity index (χ2n) is 5.17. The average molecular weight is 281 g/mol. The summed E-state index contributed by atoms with van der Waals surface area (Å²) in [4.78, 5) is 4.38. The van der Waals surface area contributed by atoms with Crippen molar-refractivity contribution in [2.75, 3.05) is 31.1 Å². The van der Waals surface area contributed by atoms with Crippen LogP contribution in [0.5, 0.6) is 0 Å². The highest BCUT2D eigenvalue weighted by atomic mass is 16.4. The zero-order valence-electron chi connectivity index (χ0n) is 11.9.